The number of aryl methyl sites for hydroxylation is 1. The first-order valence-corrected chi connectivity index (χ1v) is 6.72. The topological polar surface area (TPSA) is 20.2 Å². The van der Waals surface area contributed by atoms with Gasteiger partial charge in [-0.05, 0) is 29.4 Å². The highest BCUT2D eigenvalue weighted by Crippen LogP contribution is 2.32. The van der Waals surface area contributed by atoms with E-state index in [4.69, 9.17) is 0 Å². The zero-order chi connectivity index (χ0) is 12.9. The van der Waals surface area contributed by atoms with Gasteiger partial charge in [0, 0.05) is 0 Å². The molecule has 0 bridgehead atoms. The van der Waals surface area contributed by atoms with E-state index in [1.165, 1.54) is 24.8 Å². The number of aliphatic hydroxyl groups excluding tert-OH is 1. The van der Waals surface area contributed by atoms with Crippen molar-refractivity contribution in [2.75, 3.05) is 0 Å². The minimum Gasteiger partial charge on any atom is -0.388 e. The largest absolute Gasteiger partial charge is 0.388 e. The zero-order valence-electron chi connectivity index (χ0n) is 11.7. The van der Waals surface area contributed by atoms with Gasteiger partial charge in [0.2, 0.25) is 0 Å². The Morgan fingerprint density at radius 3 is 2.12 bits per heavy atom. The molecule has 0 aliphatic carbocycles. The molecule has 0 heterocycles. The summed E-state index contributed by atoms with van der Waals surface area (Å²) in [4.78, 5) is 0. The van der Waals surface area contributed by atoms with Gasteiger partial charge in [-0.2, -0.15) is 0 Å². The first kappa shape index (κ1) is 14.2. The quantitative estimate of drug-likeness (QED) is 0.744. The van der Waals surface area contributed by atoms with Gasteiger partial charge in [0.05, 0.1) is 6.10 Å². The van der Waals surface area contributed by atoms with E-state index in [0.717, 1.165) is 12.0 Å². The van der Waals surface area contributed by atoms with Crippen molar-refractivity contribution in [3.05, 3.63) is 35.4 Å². The fourth-order valence-electron chi connectivity index (χ4n) is 1.95. The van der Waals surface area contributed by atoms with Crippen molar-refractivity contribution in [3.8, 4) is 0 Å². The van der Waals surface area contributed by atoms with E-state index in [9.17, 15) is 5.11 Å². The van der Waals surface area contributed by atoms with Crippen LogP contribution in [0.3, 0.4) is 0 Å². The zero-order valence-corrected chi connectivity index (χ0v) is 11.7. The van der Waals surface area contributed by atoms with Gasteiger partial charge in [-0.1, -0.05) is 64.8 Å². The van der Waals surface area contributed by atoms with Gasteiger partial charge in [0.25, 0.3) is 0 Å². The highest BCUT2D eigenvalue weighted by Gasteiger charge is 2.23. The minimum atomic E-state index is -0.382. The lowest BCUT2D eigenvalue weighted by Gasteiger charge is -2.26. The number of hydrogen-bond donors (Lipinski definition) is 1. The van der Waals surface area contributed by atoms with Crippen LogP contribution in [0, 0.1) is 5.41 Å². The molecule has 96 valence electrons. The van der Waals surface area contributed by atoms with Gasteiger partial charge < -0.3 is 5.11 Å². The maximum atomic E-state index is 10.2. The predicted octanol–water partition coefficient (Wildman–Crippen LogP) is 4.50. The van der Waals surface area contributed by atoms with Crippen LogP contribution in [0.2, 0.25) is 0 Å². The van der Waals surface area contributed by atoms with Crippen LogP contribution in [-0.2, 0) is 6.42 Å². The Bertz CT molecular complexity index is 318. The van der Waals surface area contributed by atoms with Crippen LogP contribution in [0.25, 0.3) is 0 Å². The van der Waals surface area contributed by atoms with E-state index in [-0.39, 0.29) is 11.5 Å². The highest BCUT2D eigenvalue weighted by molar-refractivity contribution is 5.25. The molecule has 1 rings (SSSR count). The molecule has 0 radical (unpaired) electrons. The van der Waals surface area contributed by atoms with Gasteiger partial charge >= 0.3 is 0 Å². The van der Waals surface area contributed by atoms with Crippen LogP contribution in [0.4, 0.5) is 0 Å². The molecule has 1 aromatic rings. The molecule has 17 heavy (non-hydrogen) atoms. The van der Waals surface area contributed by atoms with E-state index < -0.39 is 0 Å². The third kappa shape index (κ3) is 4.51. The molecule has 0 aliphatic rings. The van der Waals surface area contributed by atoms with Crippen LogP contribution in [0.1, 0.15) is 64.2 Å². The smallest absolute Gasteiger partial charge is 0.0838 e. The lowest BCUT2D eigenvalue weighted by Crippen LogP contribution is -2.17. The Morgan fingerprint density at radius 2 is 1.65 bits per heavy atom. The summed E-state index contributed by atoms with van der Waals surface area (Å²) in [6.45, 7) is 8.41. The van der Waals surface area contributed by atoms with Crippen LogP contribution >= 0.6 is 0 Å². The summed E-state index contributed by atoms with van der Waals surface area (Å²) in [6.07, 6.45) is 4.59. The molecule has 1 N–H and O–H groups in total. The van der Waals surface area contributed by atoms with Gasteiger partial charge in [-0.15, -0.1) is 0 Å². The second kappa shape index (κ2) is 6.20. The fraction of sp³-hybridized carbons (Fsp3) is 0.625. The fourth-order valence-corrected chi connectivity index (χ4v) is 1.95. The van der Waals surface area contributed by atoms with Crippen LogP contribution in [0.5, 0.6) is 0 Å². The number of hydrogen-bond acceptors (Lipinski definition) is 1. The monoisotopic (exact) mass is 234 g/mol. The Balaban J connectivity index is 2.61. The van der Waals surface area contributed by atoms with E-state index in [1.54, 1.807) is 0 Å². The summed E-state index contributed by atoms with van der Waals surface area (Å²) in [7, 11) is 0. The van der Waals surface area contributed by atoms with Crippen molar-refractivity contribution >= 4 is 0 Å². The van der Waals surface area contributed by atoms with Crippen molar-refractivity contribution in [1.82, 2.24) is 0 Å². The van der Waals surface area contributed by atoms with Crippen molar-refractivity contribution in [3.63, 3.8) is 0 Å². The molecule has 0 amide bonds. The van der Waals surface area contributed by atoms with Crippen molar-refractivity contribution in [2.45, 2.75) is 59.5 Å². The molecule has 0 saturated carbocycles. The predicted molar refractivity (Wildman–Crippen MR) is 74.1 cm³/mol. The molecular weight excluding hydrogens is 208 g/mol. The molecule has 0 aliphatic heterocycles. The second-order valence-corrected chi connectivity index (χ2v) is 5.97. The Kier molecular flexibility index (Phi) is 5.20. The highest BCUT2D eigenvalue weighted by atomic mass is 16.3. The Morgan fingerprint density at radius 1 is 1.06 bits per heavy atom. The van der Waals surface area contributed by atoms with E-state index >= 15 is 0 Å². The minimum absolute atomic E-state index is 0.0935. The van der Waals surface area contributed by atoms with Crippen molar-refractivity contribution in [2.24, 2.45) is 5.41 Å². The van der Waals surface area contributed by atoms with E-state index in [1.807, 2.05) is 0 Å². The normalized spacial score (nSPS) is 13.7. The van der Waals surface area contributed by atoms with Crippen molar-refractivity contribution < 1.29 is 5.11 Å². The molecule has 0 spiro atoms. The van der Waals surface area contributed by atoms with Gasteiger partial charge in [0.15, 0.2) is 0 Å². The summed E-state index contributed by atoms with van der Waals surface area (Å²) in [5, 5.41) is 10.2. The number of unbranched alkanes of at least 4 members (excludes halogenated alkanes) is 2. The SMILES string of the molecule is CCCCCc1ccc(C(O)C(C)(C)C)cc1. The van der Waals surface area contributed by atoms with Crippen LogP contribution in [0.15, 0.2) is 24.3 Å². The average Bonchev–Trinajstić information content (AvgIpc) is 2.28. The summed E-state index contributed by atoms with van der Waals surface area (Å²) in [5.74, 6) is 0. The number of rotatable bonds is 5. The number of aliphatic hydroxyl groups is 1. The third-order valence-electron chi connectivity index (χ3n) is 3.18. The lowest BCUT2D eigenvalue weighted by atomic mass is 9.84. The van der Waals surface area contributed by atoms with Crippen molar-refractivity contribution in [1.29, 1.82) is 0 Å². The van der Waals surface area contributed by atoms with Crippen LogP contribution < -0.4 is 0 Å². The summed E-state index contributed by atoms with van der Waals surface area (Å²) >= 11 is 0. The lowest BCUT2D eigenvalue weighted by molar-refractivity contribution is 0.0626. The summed E-state index contributed by atoms with van der Waals surface area (Å²) in [6, 6.07) is 8.44. The third-order valence-corrected chi connectivity index (χ3v) is 3.18. The summed E-state index contributed by atoms with van der Waals surface area (Å²) < 4.78 is 0. The molecule has 1 aromatic carbocycles. The molecule has 1 unspecified atom stereocenters. The molecule has 1 atom stereocenters. The van der Waals surface area contributed by atoms with Gasteiger partial charge in [-0.25, -0.2) is 0 Å². The molecule has 0 aromatic heterocycles. The maximum Gasteiger partial charge on any atom is 0.0838 e. The molecule has 0 fully saturated rings. The molecular formula is C16H26O. The van der Waals surface area contributed by atoms with E-state index in [0.29, 0.717) is 0 Å². The molecule has 1 nitrogen and oxygen atoms in total. The van der Waals surface area contributed by atoms with E-state index in [2.05, 4.69) is 52.0 Å². The first-order valence-electron chi connectivity index (χ1n) is 6.72. The molecule has 1 heteroatoms. The van der Waals surface area contributed by atoms with Crippen LogP contribution in [-0.4, -0.2) is 5.11 Å². The Hall–Kier alpha value is -0.820. The average molecular weight is 234 g/mol. The maximum absolute atomic E-state index is 10.2. The Labute approximate surface area is 106 Å². The second-order valence-electron chi connectivity index (χ2n) is 5.97. The number of benzene rings is 1. The summed E-state index contributed by atoms with van der Waals surface area (Å²) in [5.41, 5.74) is 2.31. The molecule has 0 saturated heterocycles. The standard InChI is InChI=1S/C16H26O/c1-5-6-7-8-13-9-11-14(12-10-13)15(17)16(2,3)4/h9-12,15,17H,5-8H2,1-4H3. The first-order chi connectivity index (χ1) is 7.95. The van der Waals surface area contributed by atoms with Gasteiger partial charge in [0.1, 0.15) is 0 Å². The van der Waals surface area contributed by atoms with Gasteiger partial charge in [-0.3, -0.25) is 0 Å².